The molecule has 2 heterocycles. The number of nitrogens with one attached hydrogen (secondary N) is 2. The van der Waals surface area contributed by atoms with E-state index in [1.807, 2.05) is 0 Å². The molecule has 3 rings (SSSR count). The van der Waals surface area contributed by atoms with E-state index < -0.39 is 0 Å². The number of methoxy groups -OCH3 is 1. The molecule has 2 atom stereocenters. The Bertz CT molecular complexity index is 451. The van der Waals surface area contributed by atoms with E-state index >= 15 is 0 Å². The van der Waals surface area contributed by atoms with Gasteiger partial charge in [-0.05, 0) is 51.0 Å². The fraction of sp³-hybridized carbons (Fsp3) is 0.950. The predicted octanol–water partition coefficient (Wildman–Crippen LogP) is 2.00. The van der Waals surface area contributed by atoms with Crippen molar-refractivity contribution in [2.75, 3.05) is 53.0 Å². The molecule has 0 amide bonds. The highest BCUT2D eigenvalue weighted by Crippen LogP contribution is 2.41. The fourth-order valence-electron chi connectivity index (χ4n) is 4.74. The van der Waals surface area contributed by atoms with Crippen molar-refractivity contribution in [3.63, 3.8) is 0 Å². The first-order valence-electron chi connectivity index (χ1n) is 10.6. The molecular formula is C20H38N4O2. The number of nitrogens with zero attached hydrogens (tertiary/aromatic N) is 2. The molecule has 6 nitrogen and oxygen atoms in total. The van der Waals surface area contributed by atoms with Gasteiger partial charge in [0.2, 0.25) is 0 Å². The third kappa shape index (κ3) is 5.33. The Hall–Kier alpha value is -0.850. The van der Waals surface area contributed by atoms with E-state index in [1.165, 1.54) is 45.1 Å². The number of hydrogen-bond donors (Lipinski definition) is 2. The van der Waals surface area contributed by atoms with Crippen molar-refractivity contribution in [1.82, 2.24) is 15.5 Å². The highest BCUT2D eigenvalue weighted by molar-refractivity contribution is 5.79. The summed E-state index contributed by atoms with van der Waals surface area (Å²) < 4.78 is 11.4. The second kappa shape index (κ2) is 9.90. The average Bonchev–Trinajstić information content (AvgIpc) is 3.31. The lowest BCUT2D eigenvalue weighted by molar-refractivity contribution is -0.0453. The van der Waals surface area contributed by atoms with Crippen LogP contribution < -0.4 is 10.6 Å². The Balaban J connectivity index is 1.50. The van der Waals surface area contributed by atoms with Gasteiger partial charge in [0.05, 0.1) is 12.7 Å². The normalized spacial score (nSPS) is 28.9. The van der Waals surface area contributed by atoms with Crippen LogP contribution in [-0.2, 0) is 9.47 Å². The first kappa shape index (κ1) is 19.9. The fourth-order valence-corrected chi connectivity index (χ4v) is 4.74. The summed E-state index contributed by atoms with van der Waals surface area (Å²) in [5, 5.41) is 6.93. The first-order valence-corrected chi connectivity index (χ1v) is 10.6. The van der Waals surface area contributed by atoms with Crippen LogP contribution in [0.15, 0.2) is 4.99 Å². The minimum Gasteiger partial charge on any atom is -0.385 e. The molecule has 1 aliphatic carbocycles. The lowest BCUT2D eigenvalue weighted by atomic mass is 9.83. The Morgan fingerprint density at radius 1 is 1.27 bits per heavy atom. The number of hydrogen-bond acceptors (Lipinski definition) is 4. The van der Waals surface area contributed by atoms with Crippen LogP contribution in [0.2, 0.25) is 0 Å². The van der Waals surface area contributed by atoms with Gasteiger partial charge in [0.15, 0.2) is 5.96 Å². The van der Waals surface area contributed by atoms with E-state index in [0.717, 1.165) is 51.8 Å². The second-order valence-electron chi connectivity index (χ2n) is 8.27. The minimum absolute atomic E-state index is 0.266. The standard InChI is InChI=1S/C20H38N4O2/c1-3-21-19(23-16-20(10-12-25-2)8-4-5-9-20)22-13-18-14-24-11-6-7-17(24)15-26-18/h17-18H,3-16H2,1-2H3,(H2,21,22,23). The summed E-state index contributed by atoms with van der Waals surface area (Å²) in [6.07, 6.45) is 9.22. The molecule has 2 N–H and O–H groups in total. The van der Waals surface area contributed by atoms with Crippen molar-refractivity contribution < 1.29 is 9.47 Å². The number of aliphatic imine (C=N–C) groups is 1. The van der Waals surface area contributed by atoms with E-state index in [4.69, 9.17) is 14.5 Å². The molecular weight excluding hydrogens is 328 g/mol. The van der Waals surface area contributed by atoms with Gasteiger partial charge in [0, 0.05) is 45.9 Å². The summed E-state index contributed by atoms with van der Waals surface area (Å²) in [4.78, 5) is 7.54. The van der Waals surface area contributed by atoms with Gasteiger partial charge in [-0.15, -0.1) is 0 Å². The summed E-state index contributed by atoms with van der Waals surface area (Å²) in [7, 11) is 1.80. The predicted molar refractivity (Wildman–Crippen MR) is 106 cm³/mol. The summed E-state index contributed by atoms with van der Waals surface area (Å²) in [5.41, 5.74) is 0.336. The number of fused-ring (bicyclic) bond motifs is 1. The molecule has 0 aromatic rings. The highest BCUT2D eigenvalue weighted by Gasteiger charge is 2.34. The largest absolute Gasteiger partial charge is 0.385 e. The highest BCUT2D eigenvalue weighted by atomic mass is 16.5. The quantitative estimate of drug-likeness (QED) is 0.508. The van der Waals surface area contributed by atoms with Crippen molar-refractivity contribution in [2.24, 2.45) is 10.4 Å². The molecule has 26 heavy (non-hydrogen) atoms. The van der Waals surface area contributed by atoms with Crippen LogP contribution in [0.3, 0.4) is 0 Å². The van der Waals surface area contributed by atoms with Crippen LogP contribution >= 0.6 is 0 Å². The summed E-state index contributed by atoms with van der Waals surface area (Å²) in [6.45, 7) is 8.75. The zero-order valence-electron chi connectivity index (χ0n) is 16.8. The number of morpholine rings is 1. The number of guanidine groups is 1. The van der Waals surface area contributed by atoms with E-state index in [2.05, 4.69) is 22.5 Å². The van der Waals surface area contributed by atoms with Crippen LogP contribution in [0, 0.1) is 5.41 Å². The van der Waals surface area contributed by atoms with Crippen molar-refractivity contribution in [3.05, 3.63) is 0 Å². The third-order valence-corrected chi connectivity index (χ3v) is 6.38. The monoisotopic (exact) mass is 366 g/mol. The Morgan fingerprint density at radius 2 is 2.12 bits per heavy atom. The third-order valence-electron chi connectivity index (χ3n) is 6.38. The van der Waals surface area contributed by atoms with Gasteiger partial charge in [-0.25, -0.2) is 0 Å². The molecule has 0 spiro atoms. The number of ether oxygens (including phenoxy) is 2. The molecule has 6 heteroatoms. The van der Waals surface area contributed by atoms with E-state index in [9.17, 15) is 0 Å². The molecule has 1 saturated carbocycles. The average molecular weight is 367 g/mol. The molecule has 0 radical (unpaired) electrons. The van der Waals surface area contributed by atoms with Crippen LogP contribution in [0.25, 0.3) is 0 Å². The van der Waals surface area contributed by atoms with Crippen molar-refractivity contribution in [1.29, 1.82) is 0 Å². The summed E-state index contributed by atoms with van der Waals surface area (Å²) >= 11 is 0. The summed E-state index contributed by atoms with van der Waals surface area (Å²) in [6, 6.07) is 0.663. The second-order valence-corrected chi connectivity index (χ2v) is 8.27. The van der Waals surface area contributed by atoms with Gasteiger partial charge in [-0.1, -0.05) is 12.8 Å². The smallest absolute Gasteiger partial charge is 0.191 e. The summed E-state index contributed by atoms with van der Waals surface area (Å²) in [5.74, 6) is 0.934. The van der Waals surface area contributed by atoms with Crippen LogP contribution in [0.5, 0.6) is 0 Å². The van der Waals surface area contributed by atoms with Gasteiger partial charge >= 0.3 is 0 Å². The topological polar surface area (TPSA) is 58.1 Å². The maximum Gasteiger partial charge on any atom is 0.191 e. The van der Waals surface area contributed by atoms with Gasteiger partial charge in [0.25, 0.3) is 0 Å². The van der Waals surface area contributed by atoms with E-state index in [0.29, 0.717) is 11.5 Å². The maximum atomic E-state index is 6.07. The van der Waals surface area contributed by atoms with Crippen molar-refractivity contribution >= 4 is 5.96 Å². The van der Waals surface area contributed by atoms with Crippen LogP contribution in [0.4, 0.5) is 0 Å². The first-order chi connectivity index (χ1) is 12.7. The molecule has 0 aromatic carbocycles. The molecule has 2 aliphatic heterocycles. The van der Waals surface area contributed by atoms with Gasteiger partial charge < -0.3 is 20.1 Å². The Kier molecular flexibility index (Phi) is 7.58. The lowest BCUT2D eigenvalue weighted by Gasteiger charge is -2.35. The maximum absolute atomic E-state index is 6.07. The van der Waals surface area contributed by atoms with Gasteiger partial charge in [0.1, 0.15) is 0 Å². The molecule has 0 aromatic heterocycles. The lowest BCUT2D eigenvalue weighted by Crippen LogP contribution is -2.51. The van der Waals surface area contributed by atoms with Crippen LogP contribution in [0.1, 0.15) is 51.9 Å². The zero-order chi connectivity index (χ0) is 18.2. The zero-order valence-corrected chi connectivity index (χ0v) is 16.8. The molecule has 150 valence electrons. The SMILES string of the molecule is CCNC(=NCC1(CCOC)CCCC1)NCC1CN2CCCC2CO1. The van der Waals surface area contributed by atoms with Crippen molar-refractivity contribution in [2.45, 2.75) is 64.0 Å². The Morgan fingerprint density at radius 3 is 2.88 bits per heavy atom. The minimum atomic E-state index is 0.266. The van der Waals surface area contributed by atoms with E-state index in [-0.39, 0.29) is 6.10 Å². The van der Waals surface area contributed by atoms with Gasteiger partial charge in [-0.2, -0.15) is 0 Å². The molecule has 2 saturated heterocycles. The molecule has 3 fully saturated rings. The molecule has 2 unspecified atom stereocenters. The number of rotatable bonds is 8. The van der Waals surface area contributed by atoms with Crippen LogP contribution in [-0.4, -0.2) is 76.1 Å². The van der Waals surface area contributed by atoms with Gasteiger partial charge in [-0.3, -0.25) is 9.89 Å². The van der Waals surface area contributed by atoms with Crippen molar-refractivity contribution in [3.8, 4) is 0 Å². The molecule has 0 bridgehead atoms. The Labute approximate surface area is 159 Å². The van der Waals surface area contributed by atoms with E-state index in [1.54, 1.807) is 7.11 Å². The molecule has 3 aliphatic rings.